The number of hydrogen-bond donors (Lipinski definition) is 0. The molecule has 156 valence electrons. The average molecular weight is 415 g/mol. The third-order valence-corrected chi connectivity index (χ3v) is 8.01. The molecule has 0 bridgehead atoms. The van der Waals surface area contributed by atoms with E-state index in [9.17, 15) is 4.79 Å². The van der Waals surface area contributed by atoms with Crippen molar-refractivity contribution in [3.63, 3.8) is 0 Å². The number of fused-ring (bicyclic) bond motifs is 2. The van der Waals surface area contributed by atoms with Gasteiger partial charge in [0.2, 0.25) is 0 Å². The highest BCUT2D eigenvalue weighted by Gasteiger charge is 2.43. The van der Waals surface area contributed by atoms with Crippen LogP contribution in [-0.2, 0) is 29.8 Å². The number of ether oxygens (including phenoxy) is 1. The second kappa shape index (κ2) is 7.85. The summed E-state index contributed by atoms with van der Waals surface area (Å²) in [5.41, 5.74) is 2.44. The lowest BCUT2D eigenvalue weighted by atomic mass is 9.85. The van der Waals surface area contributed by atoms with Gasteiger partial charge in [0, 0.05) is 55.9 Å². The molecule has 1 spiro atoms. The predicted octanol–water partition coefficient (Wildman–Crippen LogP) is 3.26. The quantitative estimate of drug-likeness (QED) is 0.771. The molecular weight excluding hydrogens is 384 g/mol. The topological polar surface area (TPSA) is 50.6 Å². The molecule has 7 heteroatoms. The number of rotatable bonds is 4. The highest BCUT2D eigenvalue weighted by atomic mass is 32.1. The van der Waals surface area contributed by atoms with E-state index < -0.39 is 0 Å². The minimum Gasteiger partial charge on any atom is -0.369 e. The number of hydrogen-bond acceptors (Lipinski definition) is 5. The molecule has 0 unspecified atom stereocenters. The van der Waals surface area contributed by atoms with E-state index in [0.717, 1.165) is 82.9 Å². The Morgan fingerprint density at radius 1 is 1.24 bits per heavy atom. The second-order valence-corrected chi connectivity index (χ2v) is 9.59. The third-order valence-electron chi connectivity index (χ3n) is 6.66. The van der Waals surface area contributed by atoms with Crippen LogP contribution in [0.15, 0.2) is 18.5 Å². The summed E-state index contributed by atoms with van der Waals surface area (Å²) < 4.78 is 8.40. The maximum Gasteiger partial charge on any atom is 0.263 e. The smallest absolute Gasteiger partial charge is 0.263 e. The van der Waals surface area contributed by atoms with Crippen molar-refractivity contribution < 1.29 is 9.53 Å². The SMILES string of the molecule is CCn1cc(CN2CCC3(CC2)OCCc2cc(C(=O)N4CCCC4)sc23)cn1. The van der Waals surface area contributed by atoms with Crippen LogP contribution in [-0.4, -0.2) is 58.3 Å². The predicted molar refractivity (Wildman–Crippen MR) is 113 cm³/mol. The number of piperidine rings is 1. The van der Waals surface area contributed by atoms with Crippen molar-refractivity contribution in [2.75, 3.05) is 32.8 Å². The molecular formula is C22H30N4O2S. The van der Waals surface area contributed by atoms with Crippen LogP contribution in [0, 0.1) is 0 Å². The molecule has 2 saturated heterocycles. The Morgan fingerprint density at radius 2 is 2.03 bits per heavy atom. The molecule has 0 N–H and O–H groups in total. The van der Waals surface area contributed by atoms with Crippen LogP contribution in [0.4, 0.5) is 0 Å². The van der Waals surface area contributed by atoms with Gasteiger partial charge in [0.05, 0.1) is 17.7 Å². The molecule has 0 aliphatic carbocycles. The molecule has 2 aromatic rings. The van der Waals surface area contributed by atoms with Gasteiger partial charge in [0.25, 0.3) is 5.91 Å². The van der Waals surface area contributed by atoms with Gasteiger partial charge in [-0.05, 0) is 50.7 Å². The van der Waals surface area contributed by atoms with Crippen molar-refractivity contribution in [3.8, 4) is 0 Å². The fourth-order valence-electron chi connectivity index (χ4n) is 4.97. The van der Waals surface area contributed by atoms with Gasteiger partial charge in [0.15, 0.2) is 0 Å². The highest BCUT2D eigenvalue weighted by Crippen LogP contribution is 2.45. The molecule has 0 radical (unpaired) electrons. The van der Waals surface area contributed by atoms with Gasteiger partial charge < -0.3 is 9.64 Å². The van der Waals surface area contributed by atoms with E-state index in [1.807, 2.05) is 15.8 Å². The van der Waals surface area contributed by atoms with Gasteiger partial charge >= 0.3 is 0 Å². The Balaban J connectivity index is 1.29. The summed E-state index contributed by atoms with van der Waals surface area (Å²) in [6.07, 6.45) is 9.34. The Hall–Kier alpha value is -1.70. The summed E-state index contributed by atoms with van der Waals surface area (Å²) in [6, 6.07) is 2.16. The molecule has 0 atom stereocenters. The zero-order valence-corrected chi connectivity index (χ0v) is 18.0. The molecule has 3 aliphatic rings. The maximum absolute atomic E-state index is 12.9. The average Bonchev–Trinajstić information content (AvgIpc) is 3.50. The van der Waals surface area contributed by atoms with Crippen LogP contribution < -0.4 is 0 Å². The standard InChI is InChI=1S/C22H30N4O2S/c1-2-26-16-17(14-23-26)15-24-10-6-22(7-11-24)20-18(5-12-28-22)13-19(29-20)21(27)25-8-3-4-9-25/h13-14,16H,2-12,15H2,1H3. The van der Waals surface area contributed by atoms with E-state index in [1.165, 1.54) is 16.0 Å². The monoisotopic (exact) mass is 414 g/mol. The first-order valence-electron chi connectivity index (χ1n) is 11.0. The maximum atomic E-state index is 12.9. The number of thiophene rings is 1. The Labute approximate surface area is 176 Å². The van der Waals surface area contributed by atoms with Gasteiger partial charge in [-0.2, -0.15) is 5.10 Å². The number of carbonyl (C=O) groups is 1. The van der Waals surface area contributed by atoms with Crippen molar-refractivity contribution in [2.24, 2.45) is 0 Å². The van der Waals surface area contributed by atoms with Crippen LogP contribution in [0.25, 0.3) is 0 Å². The summed E-state index contributed by atoms with van der Waals surface area (Å²) in [5, 5.41) is 4.40. The fourth-order valence-corrected chi connectivity index (χ4v) is 6.34. The van der Waals surface area contributed by atoms with Crippen LogP contribution in [0.1, 0.15) is 58.3 Å². The summed E-state index contributed by atoms with van der Waals surface area (Å²) in [4.78, 5) is 19.7. The summed E-state index contributed by atoms with van der Waals surface area (Å²) in [6.45, 7) is 8.60. The van der Waals surface area contributed by atoms with Crippen molar-refractivity contribution in [3.05, 3.63) is 39.3 Å². The molecule has 29 heavy (non-hydrogen) atoms. The van der Waals surface area contributed by atoms with Crippen LogP contribution in [0.2, 0.25) is 0 Å². The lowest BCUT2D eigenvalue weighted by Gasteiger charge is -2.43. The second-order valence-electron chi connectivity index (χ2n) is 8.54. The summed E-state index contributed by atoms with van der Waals surface area (Å²) >= 11 is 1.70. The highest BCUT2D eigenvalue weighted by molar-refractivity contribution is 7.14. The van der Waals surface area contributed by atoms with E-state index in [0.29, 0.717) is 0 Å². The first kappa shape index (κ1) is 19.3. The minimum absolute atomic E-state index is 0.189. The van der Waals surface area contributed by atoms with E-state index in [1.54, 1.807) is 11.3 Å². The fraction of sp³-hybridized carbons (Fsp3) is 0.636. The van der Waals surface area contributed by atoms with E-state index in [4.69, 9.17) is 4.74 Å². The lowest BCUT2D eigenvalue weighted by Crippen LogP contribution is -2.45. The van der Waals surface area contributed by atoms with Crippen molar-refractivity contribution >= 4 is 17.2 Å². The number of aryl methyl sites for hydroxylation is 1. The first-order valence-corrected chi connectivity index (χ1v) is 11.8. The van der Waals surface area contributed by atoms with Crippen molar-refractivity contribution in [1.82, 2.24) is 19.6 Å². The summed E-state index contributed by atoms with van der Waals surface area (Å²) in [7, 11) is 0. The van der Waals surface area contributed by atoms with Gasteiger partial charge in [-0.15, -0.1) is 11.3 Å². The molecule has 2 fully saturated rings. The molecule has 2 aromatic heterocycles. The van der Waals surface area contributed by atoms with Crippen molar-refractivity contribution in [2.45, 2.75) is 57.7 Å². The van der Waals surface area contributed by atoms with Crippen molar-refractivity contribution in [1.29, 1.82) is 0 Å². The van der Waals surface area contributed by atoms with Gasteiger partial charge in [-0.1, -0.05) is 0 Å². The number of carbonyl (C=O) groups excluding carboxylic acids is 1. The van der Waals surface area contributed by atoms with Gasteiger partial charge in [-0.25, -0.2) is 0 Å². The molecule has 3 aliphatic heterocycles. The van der Waals surface area contributed by atoms with E-state index in [2.05, 4.69) is 29.2 Å². The molecule has 0 aromatic carbocycles. The third kappa shape index (κ3) is 3.64. The van der Waals surface area contributed by atoms with E-state index in [-0.39, 0.29) is 11.5 Å². The largest absolute Gasteiger partial charge is 0.369 e. The number of aromatic nitrogens is 2. The zero-order valence-electron chi connectivity index (χ0n) is 17.2. The molecule has 1 amide bonds. The Morgan fingerprint density at radius 3 is 2.76 bits per heavy atom. The number of nitrogens with zero attached hydrogens (tertiary/aromatic N) is 4. The van der Waals surface area contributed by atoms with Crippen LogP contribution in [0.5, 0.6) is 0 Å². The zero-order chi connectivity index (χ0) is 19.8. The summed E-state index contributed by atoms with van der Waals surface area (Å²) in [5.74, 6) is 0.224. The van der Waals surface area contributed by atoms with Crippen LogP contribution in [0.3, 0.4) is 0 Å². The first-order chi connectivity index (χ1) is 14.2. The lowest BCUT2D eigenvalue weighted by molar-refractivity contribution is -0.0960. The van der Waals surface area contributed by atoms with Gasteiger partial charge in [0.1, 0.15) is 5.60 Å². The van der Waals surface area contributed by atoms with Crippen LogP contribution >= 0.6 is 11.3 Å². The molecule has 6 nitrogen and oxygen atoms in total. The normalized spacial score (nSPS) is 21.6. The molecule has 5 rings (SSSR count). The van der Waals surface area contributed by atoms with E-state index >= 15 is 0 Å². The number of likely N-dealkylation sites (tertiary alicyclic amines) is 2. The Kier molecular flexibility index (Phi) is 5.22. The van der Waals surface area contributed by atoms with Gasteiger partial charge in [-0.3, -0.25) is 14.4 Å². The molecule has 5 heterocycles. The minimum atomic E-state index is -0.189. The number of amides is 1. The molecule has 0 saturated carbocycles. The Bertz CT molecular complexity index is 875.